The van der Waals surface area contributed by atoms with Gasteiger partial charge in [0.1, 0.15) is 0 Å². The van der Waals surface area contributed by atoms with Crippen molar-refractivity contribution in [3.05, 3.63) is 40.3 Å². The highest BCUT2D eigenvalue weighted by atomic mass is 16.2. The Morgan fingerprint density at radius 3 is 2.70 bits per heavy atom. The Hall–Kier alpha value is -2.21. The summed E-state index contributed by atoms with van der Waals surface area (Å²) in [6, 6.07) is 7.22. The number of benzene rings is 1. The predicted molar refractivity (Wildman–Crippen MR) is 89.6 cm³/mol. The Bertz CT molecular complexity index is 748. The number of H-pyrrole nitrogens is 1. The molecule has 0 saturated carbocycles. The lowest BCUT2D eigenvalue weighted by atomic mass is 10.0. The summed E-state index contributed by atoms with van der Waals surface area (Å²) < 4.78 is 0. The Morgan fingerprint density at radius 1 is 1.30 bits per heavy atom. The van der Waals surface area contributed by atoms with Crippen LogP contribution in [-0.2, 0) is 0 Å². The Balaban J connectivity index is 1.72. The van der Waals surface area contributed by atoms with Crippen molar-refractivity contribution in [3.63, 3.8) is 0 Å². The summed E-state index contributed by atoms with van der Waals surface area (Å²) >= 11 is 0. The van der Waals surface area contributed by atoms with Crippen molar-refractivity contribution in [2.24, 2.45) is 0 Å². The minimum Gasteiger partial charge on any atom is -0.348 e. The number of rotatable bonds is 4. The molecule has 1 amide bonds. The fraction of sp³-hybridized carbons (Fsp3) is 0.471. The molecule has 0 spiro atoms. The SMILES string of the molecule is CCCN1CCC(NC(=O)c2n[nH]c(=O)c3ccccc23)CC1. The van der Waals surface area contributed by atoms with Gasteiger partial charge in [-0.15, -0.1) is 0 Å². The van der Waals surface area contributed by atoms with Crippen LogP contribution in [0.1, 0.15) is 36.7 Å². The van der Waals surface area contributed by atoms with Gasteiger partial charge in [-0.25, -0.2) is 5.10 Å². The number of aromatic amines is 1. The fourth-order valence-electron chi connectivity index (χ4n) is 3.16. The molecule has 3 rings (SSSR count). The summed E-state index contributed by atoms with van der Waals surface area (Å²) in [6.45, 7) is 5.32. The average molecular weight is 314 g/mol. The van der Waals surface area contributed by atoms with Crippen molar-refractivity contribution in [2.45, 2.75) is 32.2 Å². The number of likely N-dealkylation sites (tertiary alicyclic amines) is 1. The molecule has 1 aromatic carbocycles. The van der Waals surface area contributed by atoms with Crippen LogP contribution in [0.4, 0.5) is 0 Å². The number of fused-ring (bicyclic) bond motifs is 1. The molecule has 0 unspecified atom stereocenters. The molecule has 0 bridgehead atoms. The second-order valence-electron chi connectivity index (χ2n) is 6.04. The zero-order chi connectivity index (χ0) is 16.2. The summed E-state index contributed by atoms with van der Waals surface area (Å²) in [5.41, 5.74) is 0.0150. The number of hydrogen-bond acceptors (Lipinski definition) is 4. The topological polar surface area (TPSA) is 78.1 Å². The van der Waals surface area contributed by atoms with Crippen molar-refractivity contribution < 1.29 is 4.79 Å². The van der Waals surface area contributed by atoms with Crippen molar-refractivity contribution in [1.82, 2.24) is 20.4 Å². The molecular weight excluding hydrogens is 292 g/mol. The lowest BCUT2D eigenvalue weighted by Gasteiger charge is -2.32. The minimum absolute atomic E-state index is 0.170. The normalized spacial score (nSPS) is 16.6. The highest BCUT2D eigenvalue weighted by Gasteiger charge is 2.22. The van der Waals surface area contributed by atoms with E-state index < -0.39 is 0 Å². The molecule has 1 aliphatic heterocycles. The van der Waals surface area contributed by atoms with Gasteiger partial charge in [-0.05, 0) is 31.9 Å². The molecule has 1 aromatic heterocycles. The van der Waals surface area contributed by atoms with E-state index in [1.165, 1.54) is 0 Å². The average Bonchev–Trinajstić information content (AvgIpc) is 2.57. The zero-order valence-electron chi connectivity index (χ0n) is 13.3. The van der Waals surface area contributed by atoms with Gasteiger partial charge < -0.3 is 10.2 Å². The third-order valence-electron chi connectivity index (χ3n) is 4.37. The van der Waals surface area contributed by atoms with E-state index in [0.717, 1.165) is 38.9 Å². The van der Waals surface area contributed by atoms with Crippen LogP contribution in [0.15, 0.2) is 29.1 Å². The van der Waals surface area contributed by atoms with Crippen molar-refractivity contribution in [1.29, 1.82) is 0 Å². The maximum atomic E-state index is 12.5. The molecule has 6 nitrogen and oxygen atoms in total. The number of piperidine rings is 1. The van der Waals surface area contributed by atoms with E-state index in [1.54, 1.807) is 18.2 Å². The van der Waals surface area contributed by atoms with Crippen LogP contribution in [-0.4, -0.2) is 46.7 Å². The van der Waals surface area contributed by atoms with Crippen molar-refractivity contribution >= 4 is 16.7 Å². The number of nitrogens with one attached hydrogen (secondary N) is 2. The molecule has 0 aliphatic carbocycles. The summed E-state index contributed by atoms with van der Waals surface area (Å²) in [6.07, 6.45) is 3.06. The number of aromatic nitrogens is 2. The molecule has 2 N–H and O–H groups in total. The molecule has 6 heteroatoms. The monoisotopic (exact) mass is 314 g/mol. The third kappa shape index (κ3) is 3.42. The summed E-state index contributed by atoms with van der Waals surface area (Å²) in [5.74, 6) is -0.216. The maximum absolute atomic E-state index is 12.5. The van der Waals surface area contributed by atoms with Crippen LogP contribution in [0.3, 0.4) is 0 Å². The van der Waals surface area contributed by atoms with Crippen molar-refractivity contribution in [2.75, 3.05) is 19.6 Å². The molecule has 2 heterocycles. The number of carbonyl (C=O) groups excluding carboxylic acids is 1. The Kier molecular flexibility index (Phi) is 4.71. The Labute approximate surface area is 134 Å². The number of carbonyl (C=O) groups is 1. The predicted octanol–water partition coefficient (Wildman–Crippen LogP) is 1.53. The fourth-order valence-corrected chi connectivity index (χ4v) is 3.16. The van der Waals surface area contributed by atoms with Crippen LogP contribution in [0, 0.1) is 0 Å². The first-order valence-electron chi connectivity index (χ1n) is 8.19. The van der Waals surface area contributed by atoms with E-state index >= 15 is 0 Å². The van der Waals surface area contributed by atoms with Crippen molar-refractivity contribution in [3.8, 4) is 0 Å². The van der Waals surface area contributed by atoms with Gasteiger partial charge in [0.2, 0.25) is 0 Å². The van der Waals surface area contributed by atoms with Crippen LogP contribution in [0.5, 0.6) is 0 Å². The lowest BCUT2D eigenvalue weighted by Crippen LogP contribution is -2.45. The number of hydrogen-bond donors (Lipinski definition) is 2. The van der Waals surface area contributed by atoms with Gasteiger partial charge in [0.05, 0.1) is 5.39 Å². The molecule has 1 fully saturated rings. The van der Waals surface area contributed by atoms with E-state index in [1.807, 2.05) is 6.07 Å². The number of amides is 1. The smallest absolute Gasteiger partial charge is 0.272 e. The van der Waals surface area contributed by atoms with Gasteiger partial charge in [0.25, 0.3) is 11.5 Å². The second kappa shape index (κ2) is 6.91. The summed E-state index contributed by atoms with van der Waals surface area (Å²) in [7, 11) is 0. The molecular formula is C17H22N4O2. The molecule has 0 radical (unpaired) electrons. The van der Waals surface area contributed by atoms with E-state index in [4.69, 9.17) is 0 Å². The molecule has 1 aliphatic rings. The zero-order valence-corrected chi connectivity index (χ0v) is 13.3. The van der Waals surface area contributed by atoms with Gasteiger partial charge in [-0.2, -0.15) is 5.10 Å². The van der Waals surface area contributed by atoms with Gasteiger partial charge in [0.15, 0.2) is 5.69 Å². The lowest BCUT2D eigenvalue weighted by molar-refractivity contribution is 0.0907. The summed E-state index contributed by atoms with van der Waals surface area (Å²) in [5, 5.41) is 10.5. The maximum Gasteiger partial charge on any atom is 0.272 e. The molecule has 2 aromatic rings. The van der Waals surface area contributed by atoms with E-state index in [2.05, 4.69) is 27.3 Å². The first-order chi connectivity index (χ1) is 11.2. The first-order valence-corrected chi connectivity index (χ1v) is 8.19. The minimum atomic E-state index is -0.273. The van der Waals surface area contributed by atoms with Gasteiger partial charge in [-0.1, -0.05) is 25.1 Å². The van der Waals surface area contributed by atoms with E-state index in [0.29, 0.717) is 10.8 Å². The highest BCUT2D eigenvalue weighted by Crippen LogP contribution is 2.15. The molecule has 23 heavy (non-hydrogen) atoms. The largest absolute Gasteiger partial charge is 0.348 e. The van der Waals surface area contributed by atoms with Crippen LogP contribution in [0.2, 0.25) is 0 Å². The van der Waals surface area contributed by atoms with Crippen LogP contribution in [0.25, 0.3) is 10.8 Å². The quantitative estimate of drug-likeness (QED) is 0.897. The second-order valence-corrected chi connectivity index (χ2v) is 6.04. The van der Waals surface area contributed by atoms with Crippen LogP contribution >= 0.6 is 0 Å². The van der Waals surface area contributed by atoms with Gasteiger partial charge in [-0.3, -0.25) is 9.59 Å². The van der Waals surface area contributed by atoms with Gasteiger partial charge in [0, 0.05) is 24.5 Å². The third-order valence-corrected chi connectivity index (χ3v) is 4.37. The van der Waals surface area contributed by atoms with Crippen LogP contribution < -0.4 is 10.9 Å². The Morgan fingerprint density at radius 2 is 2.00 bits per heavy atom. The molecule has 1 saturated heterocycles. The standard InChI is InChI=1S/C17H22N4O2/c1-2-9-21-10-7-12(8-11-21)18-17(23)15-13-5-3-4-6-14(13)16(22)20-19-15/h3-6,12H,2,7-11H2,1H3,(H,18,23)(H,20,22). The molecule has 122 valence electrons. The van der Waals surface area contributed by atoms with E-state index in [9.17, 15) is 9.59 Å². The summed E-state index contributed by atoms with van der Waals surface area (Å²) in [4.78, 5) is 26.7. The first kappa shape index (κ1) is 15.7. The molecule has 0 atom stereocenters. The number of nitrogens with zero attached hydrogens (tertiary/aromatic N) is 2. The van der Waals surface area contributed by atoms with Gasteiger partial charge >= 0.3 is 0 Å². The highest BCUT2D eigenvalue weighted by molar-refractivity contribution is 6.04. The van der Waals surface area contributed by atoms with E-state index in [-0.39, 0.29) is 23.2 Å².